The Kier molecular flexibility index (Phi) is 8.21. The van der Waals surface area contributed by atoms with Gasteiger partial charge in [0, 0.05) is 0 Å². The first-order valence-electron chi connectivity index (χ1n) is 5.37. The molecule has 106 valence electrons. The number of rotatable bonds is 9. The van der Waals surface area contributed by atoms with E-state index in [1.54, 1.807) is 0 Å². The Morgan fingerprint density at radius 1 is 1.06 bits per heavy atom. The molecule has 0 spiro atoms. The molecule has 0 heterocycles. The molecule has 8 nitrogen and oxygen atoms in total. The lowest BCUT2D eigenvalue weighted by Crippen LogP contribution is -2.30. The monoisotopic (exact) mass is 266 g/mol. The summed E-state index contributed by atoms with van der Waals surface area (Å²) in [6.07, 6.45) is -3.26. The predicted octanol–water partition coefficient (Wildman–Crippen LogP) is -2.28. The van der Waals surface area contributed by atoms with Crippen LogP contribution in [-0.2, 0) is 14.3 Å². The molecule has 8 heteroatoms. The largest absolute Gasteiger partial charge is 0.481 e. The summed E-state index contributed by atoms with van der Waals surface area (Å²) < 4.78 is 4.60. The average Bonchev–Trinajstić information content (AvgIpc) is 2.33. The van der Waals surface area contributed by atoms with E-state index < -0.39 is 56.3 Å². The molecular weight excluding hydrogens is 248 g/mol. The van der Waals surface area contributed by atoms with Gasteiger partial charge in [-0.05, 0) is 6.42 Å². The number of ether oxygens (including phenoxy) is 1. The van der Waals surface area contributed by atoms with Crippen LogP contribution in [0, 0.1) is 5.92 Å². The van der Waals surface area contributed by atoms with Crippen LogP contribution in [0.4, 0.5) is 0 Å². The van der Waals surface area contributed by atoms with E-state index in [2.05, 4.69) is 4.74 Å². The zero-order valence-electron chi connectivity index (χ0n) is 9.73. The van der Waals surface area contributed by atoms with Gasteiger partial charge in [-0.1, -0.05) is 0 Å². The molecule has 0 radical (unpaired) electrons. The molecule has 5 N–H and O–H groups in total. The van der Waals surface area contributed by atoms with Crippen LogP contribution >= 0.6 is 0 Å². The Hall–Kier alpha value is -1.22. The van der Waals surface area contributed by atoms with Crippen molar-refractivity contribution in [2.45, 2.75) is 25.0 Å². The number of carboxylic acids is 1. The van der Waals surface area contributed by atoms with Crippen LogP contribution in [0.3, 0.4) is 0 Å². The van der Waals surface area contributed by atoms with Gasteiger partial charge in [-0.3, -0.25) is 9.59 Å². The maximum Gasteiger partial charge on any atom is 0.309 e. The fraction of sp³-hybridized carbons (Fsp3) is 0.800. The van der Waals surface area contributed by atoms with Crippen molar-refractivity contribution in [1.29, 1.82) is 0 Å². The highest BCUT2D eigenvalue weighted by Crippen LogP contribution is 2.14. The minimum Gasteiger partial charge on any atom is -0.481 e. The third-order valence-electron chi connectivity index (χ3n) is 2.15. The van der Waals surface area contributed by atoms with Crippen LogP contribution in [0.5, 0.6) is 0 Å². The molecule has 0 rings (SSSR count). The van der Waals surface area contributed by atoms with E-state index in [4.69, 9.17) is 20.4 Å². The summed E-state index contributed by atoms with van der Waals surface area (Å²) in [5.41, 5.74) is 0. The molecule has 3 atom stereocenters. The van der Waals surface area contributed by atoms with Crippen molar-refractivity contribution in [3.05, 3.63) is 0 Å². The fourth-order valence-electron chi connectivity index (χ4n) is 1.23. The van der Waals surface area contributed by atoms with Crippen molar-refractivity contribution in [2.75, 3.05) is 19.8 Å². The smallest absolute Gasteiger partial charge is 0.309 e. The van der Waals surface area contributed by atoms with Gasteiger partial charge in [-0.2, -0.15) is 0 Å². The molecule has 0 bridgehead atoms. The van der Waals surface area contributed by atoms with Crippen LogP contribution in [0.1, 0.15) is 12.8 Å². The highest BCUT2D eigenvalue weighted by atomic mass is 16.5. The Balaban J connectivity index is 4.35. The van der Waals surface area contributed by atoms with Gasteiger partial charge in [-0.25, -0.2) is 0 Å². The van der Waals surface area contributed by atoms with Crippen molar-refractivity contribution in [3.63, 3.8) is 0 Å². The number of carbonyl (C=O) groups excluding carboxylic acids is 1. The lowest BCUT2D eigenvalue weighted by atomic mass is 9.98. The maximum absolute atomic E-state index is 11.5. The molecule has 0 aromatic rings. The molecule has 0 fully saturated rings. The van der Waals surface area contributed by atoms with E-state index in [1.165, 1.54) is 0 Å². The summed E-state index contributed by atoms with van der Waals surface area (Å²) in [7, 11) is 0. The van der Waals surface area contributed by atoms with Gasteiger partial charge < -0.3 is 30.3 Å². The highest BCUT2D eigenvalue weighted by Gasteiger charge is 2.26. The quantitative estimate of drug-likeness (QED) is 0.293. The lowest BCUT2D eigenvalue weighted by Gasteiger charge is -2.17. The van der Waals surface area contributed by atoms with Crippen molar-refractivity contribution in [3.8, 4) is 0 Å². The van der Waals surface area contributed by atoms with Crippen LogP contribution in [0.2, 0.25) is 0 Å². The minimum atomic E-state index is -1.25. The molecule has 0 aliphatic heterocycles. The lowest BCUT2D eigenvalue weighted by molar-refractivity contribution is -0.157. The van der Waals surface area contributed by atoms with Gasteiger partial charge in [0.25, 0.3) is 0 Å². The average molecular weight is 266 g/mol. The number of aliphatic hydroxyl groups is 4. The molecular formula is C10H18O8. The van der Waals surface area contributed by atoms with E-state index in [-0.39, 0.29) is 6.42 Å². The zero-order chi connectivity index (χ0) is 14.1. The molecule has 18 heavy (non-hydrogen) atoms. The number of hydrogen-bond donors (Lipinski definition) is 5. The van der Waals surface area contributed by atoms with Crippen molar-refractivity contribution < 1.29 is 39.9 Å². The Morgan fingerprint density at radius 3 is 2.06 bits per heavy atom. The summed E-state index contributed by atoms with van der Waals surface area (Å²) in [5.74, 6) is -3.27. The number of hydrogen-bond acceptors (Lipinski definition) is 7. The Labute approximate surface area is 103 Å². The van der Waals surface area contributed by atoms with Crippen molar-refractivity contribution >= 4 is 11.9 Å². The number of aliphatic hydroxyl groups excluding tert-OH is 4. The number of esters is 1. The second kappa shape index (κ2) is 8.81. The van der Waals surface area contributed by atoms with Crippen LogP contribution in [-0.4, -0.2) is 69.5 Å². The molecule has 0 saturated carbocycles. The number of carbonyl (C=O) groups is 2. The van der Waals surface area contributed by atoms with Gasteiger partial charge >= 0.3 is 11.9 Å². The van der Waals surface area contributed by atoms with E-state index in [1.807, 2.05) is 0 Å². The van der Waals surface area contributed by atoms with E-state index >= 15 is 0 Å². The molecule has 0 aromatic heterocycles. The summed E-state index contributed by atoms with van der Waals surface area (Å²) in [4.78, 5) is 22.0. The molecule has 3 unspecified atom stereocenters. The van der Waals surface area contributed by atoms with Crippen LogP contribution in [0.15, 0.2) is 0 Å². The second-order valence-electron chi connectivity index (χ2n) is 3.83. The Morgan fingerprint density at radius 2 is 1.61 bits per heavy atom. The van der Waals surface area contributed by atoms with Crippen molar-refractivity contribution in [1.82, 2.24) is 0 Å². The predicted molar refractivity (Wildman–Crippen MR) is 57.5 cm³/mol. The first kappa shape index (κ1) is 16.8. The summed E-state index contributed by atoms with van der Waals surface area (Å²) in [6.45, 7) is -1.64. The standard InChI is InChI=1S/C10H18O8/c11-3-7(13)1-6(2-9(15)16)10(17)18-5-8(14)4-12/h6-8,11-14H,1-5H2,(H,15,16). The van der Waals surface area contributed by atoms with Crippen molar-refractivity contribution in [2.24, 2.45) is 5.92 Å². The normalized spacial score (nSPS) is 15.8. The highest BCUT2D eigenvalue weighted by molar-refractivity contribution is 5.79. The summed E-state index contributed by atoms with van der Waals surface area (Å²) in [5, 5.41) is 43.9. The van der Waals surface area contributed by atoms with Gasteiger partial charge in [0.1, 0.15) is 12.7 Å². The molecule has 0 saturated heterocycles. The van der Waals surface area contributed by atoms with E-state index in [0.717, 1.165) is 0 Å². The third kappa shape index (κ3) is 7.17. The molecule has 0 aliphatic carbocycles. The van der Waals surface area contributed by atoms with Gasteiger partial charge in [-0.15, -0.1) is 0 Å². The summed E-state index contributed by atoms with van der Waals surface area (Å²) >= 11 is 0. The molecule has 0 aliphatic rings. The van der Waals surface area contributed by atoms with Gasteiger partial charge in [0.2, 0.25) is 0 Å². The van der Waals surface area contributed by atoms with E-state index in [9.17, 15) is 14.7 Å². The fourth-order valence-corrected chi connectivity index (χ4v) is 1.23. The van der Waals surface area contributed by atoms with Gasteiger partial charge in [0.05, 0.1) is 31.7 Å². The maximum atomic E-state index is 11.5. The first-order chi connectivity index (χ1) is 8.40. The van der Waals surface area contributed by atoms with Crippen LogP contribution < -0.4 is 0 Å². The molecule has 0 aromatic carbocycles. The number of carboxylic acid groups (broad SMARTS) is 1. The SMILES string of the molecule is O=C(O)CC(CC(O)CO)C(=O)OCC(O)CO. The van der Waals surface area contributed by atoms with Gasteiger partial charge in [0.15, 0.2) is 0 Å². The minimum absolute atomic E-state index is 0.253. The third-order valence-corrected chi connectivity index (χ3v) is 2.15. The first-order valence-corrected chi connectivity index (χ1v) is 5.37. The number of aliphatic carboxylic acids is 1. The van der Waals surface area contributed by atoms with E-state index in [0.29, 0.717) is 0 Å². The zero-order valence-corrected chi connectivity index (χ0v) is 9.73. The topological polar surface area (TPSA) is 145 Å². The Bertz CT molecular complexity index is 267. The molecule has 0 amide bonds. The second-order valence-corrected chi connectivity index (χ2v) is 3.83. The summed E-state index contributed by atoms with van der Waals surface area (Å²) in [6, 6.07) is 0. The van der Waals surface area contributed by atoms with Crippen LogP contribution in [0.25, 0.3) is 0 Å².